The van der Waals surface area contributed by atoms with Crippen LogP contribution in [0.25, 0.3) is 0 Å². The molecule has 102 valence electrons. The average Bonchev–Trinajstić information content (AvgIpc) is 2.47. The zero-order chi connectivity index (χ0) is 13.5. The summed E-state index contributed by atoms with van der Waals surface area (Å²) >= 11 is 5.08. The Labute approximate surface area is 128 Å². The van der Waals surface area contributed by atoms with E-state index in [9.17, 15) is 0 Å². The maximum Gasteiger partial charge on any atom is 0.261 e. The summed E-state index contributed by atoms with van der Waals surface area (Å²) in [5.41, 5.74) is 2.34. The highest BCUT2D eigenvalue weighted by Gasteiger charge is 2.00. The van der Waals surface area contributed by atoms with E-state index in [4.69, 9.17) is 22.2 Å². The van der Waals surface area contributed by atoms with E-state index >= 15 is 0 Å². The van der Waals surface area contributed by atoms with Crippen molar-refractivity contribution in [3.63, 3.8) is 0 Å². The van der Waals surface area contributed by atoms with Crippen LogP contribution < -0.4 is 5.32 Å². The highest BCUT2D eigenvalue weighted by Crippen LogP contribution is 2.09. The predicted molar refractivity (Wildman–Crippen MR) is 83.7 cm³/mol. The molecule has 0 amide bonds. The summed E-state index contributed by atoms with van der Waals surface area (Å²) in [5.74, 6) is 0. The fourth-order valence-corrected chi connectivity index (χ4v) is 1.59. The van der Waals surface area contributed by atoms with Crippen LogP contribution in [0.2, 0.25) is 0 Å². The summed E-state index contributed by atoms with van der Waals surface area (Å²) in [4.78, 5) is 3.99. The summed E-state index contributed by atoms with van der Waals surface area (Å²) in [5, 5.41) is 11.9. The molecule has 2 aromatic rings. The standard InChI is InChI=1S/C14H11N3OS.ClH/c15-8-11-3-5-13(6-4-11)17-14(19)18-10-12-2-1-7-16-9-12;/h1-7,9H,10H2,(H,17,19);1H. The number of rotatable bonds is 3. The predicted octanol–water partition coefficient (Wildman–Crippen LogP) is 3.29. The summed E-state index contributed by atoms with van der Waals surface area (Å²) in [6.07, 6.45) is 3.43. The van der Waals surface area contributed by atoms with Crippen molar-refractivity contribution in [2.24, 2.45) is 0 Å². The number of nitrogens with one attached hydrogen (secondary N) is 1. The highest BCUT2D eigenvalue weighted by atomic mass is 35.5. The second-order valence-corrected chi connectivity index (χ2v) is 4.12. The first-order valence-corrected chi connectivity index (χ1v) is 6.01. The van der Waals surface area contributed by atoms with Crippen molar-refractivity contribution in [2.45, 2.75) is 6.61 Å². The summed E-state index contributed by atoms with van der Waals surface area (Å²) < 4.78 is 5.40. The fraction of sp³-hybridized carbons (Fsp3) is 0.0714. The Morgan fingerprint density at radius 2 is 2.05 bits per heavy atom. The van der Waals surface area contributed by atoms with Gasteiger partial charge in [0.15, 0.2) is 0 Å². The summed E-state index contributed by atoms with van der Waals surface area (Å²) in [6, 6.07) is 12.8. The molecule has 0 aliphatic heterocycles. The Kier molecular flexibility index (Phi) is 6.44. The molecule has 1 heterocycles. The number of nitrogens with zero attached hydrogens (tertiary/aromatic N) is 2. The molecule has 1 aromatic carbocycles. The normalized spacial score (nSPS) is 8.95. The number of nitriles is 1. The third-order valence-electron chi connectivity index (χ3n) is 2.35. The van der Waals surface area contributed by atoms with Crippen LogP contribution in [-0.4, -0.2) is 10.2 Å². The van der Waals surface area contributed by atoms with Crippen molar-refractivity contribution in [3.8, 4) is 6.07 Å². The van der Waals surface area contributed by atoms with Gasteiger partial charge >= 0.3 is 0 Å². The lowest BCUT2D eigenvalue weighted by molar-refractivity contribution is 0.299. The van der Waals surface area contributed by atoms with E-state index < -0.39 is 0 Å². The number of halogens is 1. The van der Waals surface area contributed by atoms with E-state index in [1.807, 2.05) is 12.1 Å². The number of hydrogen-bond donors (Lipinski definition) is 1. The van der Waals surface area contributed by atoms with Gasteiger partial charge in [-0.2, -0.15) is 5.26 Å². The number of hydrogen-bond acceptors (Lipinski definition) is 4. The quantitative estimate of drug-likeness (QED) is 0.882. The second kappa shape index (κ2) is 8.10. The minimum atomic E-state index is 0. The number of pyridine rings is 1. The minimum absolute atomic E-state index is 0. The van der Waals surface area contributed by atoms with E-state index in [1.165, 1.54) is 0 Å². The maximum atomic E-state index is 8.69. The topological polar surface area (TPSA) is 57.9 Å². The molecule has 0 aliphatic rings. The monoisotopic (exact) mass is 305 g/mol. The lowest BCUT2D eigenvalue weighted by atomic mass is 10.2. The van der Waals surface area contributed by atoms with Gasteiger partial charge in [0.2, 0.25) is 0 Å². The molecular weight excluding hydrogens is 294 g/mol. The molecule has 0 radical (unpaired) electrons. The molecule has 2 rings (SSSR count). The van der Waals surface area contributed by atoms with Gasteiger partial charge in [0.05, 0.1) is 11.6 Å². The lowest BCUT2D eigenvalue weighted by Gasteiger charge is -2.09. The van der Waals surface area contributed by atoms with Crippen LogP contribution in [0.5, 0.6) is 0 Å². The Morgan fingerprint density at radius 1 is 1.30 bits per heavy atom. The Bertz CT molecular complexity index is 596. The van der Waals surface area contributed by atoms with Crippen molar-refractivity contribution in [3.05, 3.63) is 59.9 Å². The number of thiocarbonyl (C=S) groups is 1. The second-order valence-electron chi connectivity index (χ2n) is 3.75. The Balaban J connectivity index is 0.00000200. The van der Waals surface area contributed by atoms with Crippen LogP contribution in [0.1, 0.15) is 11.1 Å². The van der Waals surface area contributed by atoms with Crippen molar-refractivity contribution < 1.29 is 4.74 Å². The van der Waals surface area contributed by atoms with Crippen molar-refractivity contribution >= 4 is 35.5 Å². The van der Waals surface area contributed by atoms with E-state index in [0.29, 0.717) is 12.2 Å². The van der Waals surface area contributed by atoms with E-state index in [0.717, 1.165) is 11.3 Å². The van der Waals surface area contributed by atoms with Crippen molar-refractivity contribution in [1.82, 2.24) is 4.98 Å². The molecule has 0 bridgehead atoms. The van der Waals surface area contributed by atoms with Gasteiger partial charge in [-0.25, -0.2) is 0 Å². The molecule has 0 aliphatic carbocycles. The SMILES string of the molecule is Cl.N#Cc1ccc(NC(=S)OCc2cccnc2)cc1. The van der Waals surface area contributed by atoms with Gasteiger partial charge in [0.1, 0.15) is 6.61 Å². The van der Waals surface area contributed by atoms with Crippen LogP contribution in [-0.2, 0) is 11.3 Å². The van der Waals surface area contributed by atoms with Gasteiger partial charge in [-0.15, -0.1) is 12.4 Å². The van der Waals surface area contributed by atoms with Gasteiger partial charge in [-0.05, 0) is 42.5 Å². The van der Waals surface area contributed by atoms with Crippen LogP contribution in [0.15, 0.2) is 48.8 Å². The van der Waals surface area contributed by atoms with Gasteiger partial charge in [-0.1, -0.05) is 6.07 Å². The molecule has 0 saturated heterocycles. The summed E-state index contributed by atoms with van der Waals surface area (Å²) in [6.45, 7) is 0.371. The third kappa shape index (κ3) is 4.84. The first kappa shape index (κ1) is 15.9. The molecule has 20 heavy (non-hydrogen) atoms. The number of anilines is 1. The number of aromatic nitrogens is 1. The molecule has 1 N–H and O–H groups in total. The molecular formula is C14H12ClN3OS. The van der Waals surface area contributed by atoms with Crippen LogP contribution in [0.3, 0.4) is 0 Å². The molecule has 6 heteroatoms. The van der Waals surface area contributed by atoms with Crippen molar-refractivity contribution in [1.29, 1.82) is 5.26 Å². The summed E-state index contributed by atoms with van der Waals surface area (Å²) in [7, 11) is 0. The van der Waals surface area contributed by atoms with E-state index in [-0.39, 0.29) is 17.6 Å². The largest absolute Gasteiger partial charge is 0.466 e. The molecule has 1 aromatic heterocycles. The fourth-order valence-electron chi connectivity index (χ4n) is 1.41. The molecule has 0 fully saturated rings. The molecule has 0 spiro atoms. The van der Waals surface area contributed by atoms with Gasteiger partial charge in [-0.3, -0.25) is 4.98 Å². The number of ether oxygens (including phenoxy) is 1. The average molecular weight is 306 g/mol. The zero-order valence-corrected chi connectivity index (χ0v) is 12.1. The van der Waals surface area contributed by atoms with E-state index in [1.54, 1.807) is 36.7 Å². The molecule has 0 atom stereocenters. The first-order valence-electron chi connectivity index (χ1n) is 5.61. The van der Waals surface area contributed by atoms with Crippen LogP contribution >= 0.6 is 24.6 Å². The first-order chi connectivity index (χ1) is 9.28. The highest BCUT2D eigenvalue weighted by molar-refractivity contribution is 7.80. The Hall–Kier alpha value is -2.16. The Morgan fingerprint density at radius 3 is 2.65 bits per heavy atom. The van der Waals surface area contributed by atoms with Crippen LogP contribution in [0, 0.1) is 11.3 Å². The van der Waals surface area contributed by atoms with E-state index in [2.05, 4.69) is 16.4 Å². The minimum Gasteiger partial charge on any atom is -0.466 e. The number of benzene rings is 1. The van der Waals surface area contributed by atoms with Gasteiger partial charge in [0, 0.05) is 23.6 Å². The zero-order valence-electron chi connectivity index (χ0n) is 10.4. The van der Waals surface area contributed by atoms with Gasteiger partial charge in [0.25, 0.3) is 5.17 Å². The molecule has 0 unspecified atom stereocenters. The smallest absolute Gasteiger partial charge is 0.261 e. The van der Waals surface area contributed by atoms with Gasteiger partial charge < -0.3 is 10.1 Å². The van der Waals surface area contributed by atoms with Crippen LogP contribution in [0.4, 0.5) is 5.69 Å². The molecule has 4 nitrogen and oxygen atoms in total. The molecule has 0 saturated carbocycles. The van der Waals surface area contributed by atoms with Crippen molar-refractivity contribution in [2.75, 3.05) is 5.32 Å². The maximum absolute atomic E-state index is 8.69. The lowest BCUT2D eigenvalue weighted by Crippen LogP contribution is -2.13. The third-order valence-corrected chi connectivity index (χ3v) is 2.57.